The van der Waals surface area contributed by atoms with Gasteiger partial charge in [-0.3, -0.25) is 18.9 Å². The summed E-state index contributed by atoms with van der Waals surface area (Å²) in [5, 5.41) is 23.1. The maximum absolute atomic E-state index is 13.5. The number of hydrogen-bond donors (Lipinski definition) is 7. The number of nitrogens with zero attached hydrogens (tertiary/aromatic N) is 4. The number of nitrogens with one attached hydrogen (secondary N) is 1. The molecule has 33 heavy (non-hydrogen) atoms. The lowest BCUT2D eigenvalue weighted by Crippen LogP contribution is -2.47. The summed E-state index contributed by atoms with van der Waals surface area (Å²) in [5.74, 6) is -1.45. The van der Waals surface area contributed by atoms with Crippen LogP contribution in [0.15, 0.2) is 16.1 Å². The van der Waals surface area contributed by atoms with Crippen LogP contribution < -0.4 is 5.56 Å². The Balaban J connectivity index is 3.22. The van der Waals surface area contributed by atoms with Gasteiger partial charge in [0, 0.05) is 4.91 Å². The van der Waals surface area contributed by atoms with Crippen LogP contribution in [-0.4, -0.2) is 57.8 Å². The molecule has 0 bridgehead atoms. The summed E-state index contributed by atoms with van der Waals surface area (Å²) in [5.41, 5.74) is 4.64. The zero-order valence-electron chi connectivity index (χ0n) is 15.8. The fourth-order valence-corrected chi connectivity index (χ4v) is 5.08. The second-order valence-corrected chi connectivity index (χ2v) is 10.5. The first-order valence-electron chi connectivity index (χ1n) is 7.72. The molecule has 1 rings (SSSR count). The van der Waals surface area contributed by atoms with Crippen LogP contribution in [0.4, 0.5) is 4.39 Å². The van der Waals surface area contributed by atoms with E-state index in [0.717, 1.165) is 6.92 Å². The number of ether oxygens (including phenoxy) is 1. The summed E-state index contributed by atoms with van der Waals surface area (Å²) in [6, 6.07) is 0. The number of hydrogen-bond acceptors (Lipinski definition) is 12. The zero-order valence-corrected chi connectivity index (χ0v) is 19.3. The average molecular weight is 561 g/mol. The minimum absolute atomic E-state index is 0.358. The molecule has 5 atom stereocenters. The third-order valence-corrected chi connectivity index (χ3v) is 7.28. The van der Waals surface area contributed by atoms with Crippen molar-refractivity contribution in [2.75, 3.05) is 6.61 Å². The summed E-state index contributed by atoms with van der Waals surface area (Å²) in [7, 11) is -17.3. The van der Waals surface area contributed by atoms with Gasteiger partial charge in [0.25, 0.3) is 5.56 Å². The smallest absolute Gasteiger partial charge is 0.390 e. The highest BCUT2D eigenvalue weighted by Gasteiger charge is 2.45. The van der Waals surface area contributed by atoms with Crippen LogP contribution in [0, 0.1) is 10.6 Å². The summed E-state index contributed by atoms with van der Waals surface area (Å²) < 4.78 is 63.2. The number of aromatic amines is 1. The van der Waals surface area contributed by atoms with E-state index in [1.165, 1.54) is 0 Å². The van der Waals surface area contributed by atoms with Crippen molar-refractivity contribution in [1.82, 2.24) is 9.55 Å². The molecule has 0 saturated heterocycles. The minimum Gasteiger partial charge on any atom is -0.390 e. The molecule has 24 heteroatoms. The molecule has 0 fully saturated rings. The van der Waals surface area contributed by atoms with Crippen molar-refractivity contribution in [3.63, 3.8) is 0 Å². The topological polar surface area (TPSA) is 296 Å². The quantitative estimate of drug-likeness (QED) is 0.0449. The summed E-state index contributed by atoms with van der Waals surface area (Å²) >= 11 is 4.68. The number of halogens is 1. The van der Waals surface area contributed by atoms with E-state index in [9.17, 15) is 38.0 Å². The van der Waals surface area contributed by atoms with Gasteiger partial charge in [0.05, 0.1) is 18.9 Å². The Morgan fingerprint density at radius 2 is 1.85 bits per heavy atom. The second kappa shape index (κ2) is 10.9. The van der Waals surface area contributed by atoms with Crippen molar-refractivity contribution in [2.45, 2.75) is 25.2 Å². The molecule has 188 valence electrons. The van der Waals surface area contributed by atoms with Crippen molar-refractivity contribution < 1.29 is 65.8 Å². The van der Waals surface area contributed by atoms with Crippen molar-refractivity contribution in [1.29, 1.82) is 0 Å². The molecule has 0 aromatic carbocycles. The van der Waals surface area contributed by atoms with Gasteiger partial charge in [0.2, 0.25) is 18.0 Å². The fourth-order valence-electron chi connectivity index (χ4n) is 1.81. The Labute approximate surface area is 186 Å². The minimum atomic E-state index is -5.90. The van der Waals surface area contributed by atoms with Gasteiger partial charge in [-0.15, -0.1) is 0 Å². The first kappa shape index (κ1) is 29.7. The van der Waals surface area contributed by atoms with Crippen LogP contribution in [0.2, 0.25) is 0 Å². The monoisotopic (exact) mass is 561 g/mol. The lowest BCUT2D eigenvalue weighted by molar-refractivity contribution is -0.259. The number of phosphoric ester groups is 1. The van der Waals surface area contributed by atoms with E-state index < -0.39 is 64.5 Å². The first-order valence-corrected chi connectivity index (χ1v) is 12.7. The number of aromatic nitrogens is 2. The van der Waals surface area contributed by atoms with Crippen LogP contribution in [-0.2, 0) is 31.6 Å². The van der Waals surface area contributed by atoms with Gasteiger partial charge in [-0.25, -0.2) is 13.7 Å². The van der Waals surface area contributed by atoms with Crippen molar-refractivity contribution in [3.05, 3.63) is 37.6 Å². The van der Waals surface area contributed by atoms with Gasteiger partial charge >= 0.3 is 23.5 Å². The van der Waals surface area contributed by atoms with Crippen LogP contribution >= 0.6 is 35.7 Å². The standard InChI is InChI=1S/C9H15FN5O14P3S/c1-4(16)9(13-14-11,27-8(18)15-2-5(10)6(17)12-7(15)33)3-26-31(22,23)29-32(24,25)28-30(19,20)21/h2,4,8,16,18H,3H2,1H3,(H,22,23)(H,24,25)(H,12,17,33)(H2,19,20,21)/t4-,8+,9-/m1/s1. The zero-order chi connectivity index (χ0) is 25.8. The molecular weight excluding hydrogens is 546 g/mol. The van der Waals surface area contributed by atoms with E-state index in [-0.39, 0.29) is 0 Å². The van der Waals surface area contributed by atoms with E-state index in [4.69, 9.17) is 24.9 Å². The summed E-state index contributed by atoms with van der Waals surface area (Å²) in [6.07, 6.45) is -4.08. The van der Waals surface area contributed by atoms with Gasteiger partial charge in [-0.2, -0.15) is 13.0 Å². The van der Waals surface area contributed by atoms with Gasteiger partial charge in [0.1, 0.15) is 0 Å². The van der Waals surface area contributed by atoms with E-state index in [1.54, 1.807) is 4.98 Å². The predicted molar refractivity (Wildman–Crippen MR) is 102 cm³/mol. The van der Waals surface area contributed by atoms with Crippen LogP contribution in [0.3, 0.4) is 0 Å². The van der Waals surface area contributed by atoms with Gasteiger partial charge < -0.3 is 34.5 Å². The van der Waals surface area contributed by atoms with E-state index >= 15 is 0 Å². The van der Waals surface area contributed by atoms with Gasteiger partial charge in [-0.05, 0) is 24.7 Å². The molecule has 19 nitrogen and oxygen atoms in total. The third kappa shape index (κ3) is 9.06. The van der Waals surface area contributed by atoms with E-state index in [1.807, 2.05) is 0 Å². The van der Waals surface area contributed by atoms with Gasteiger partial charge in [0.15, 0.2) is 4.77 Å². The highest BCUT2D eigenvalue weighted by atomic mass is 32.1. The molecule has 1 aromatic rings. The number of azide groups is 1. The lowest BCUT2D eigenvalue weighted by Gasteiger charge is -2.34. The van der Waals surface area contributed by atoms with E-state index in [0.29, 0.717) is 10.8 Å². The molecule has 2 unspecified atom stereocenters. The Kier molecular flexibility index (Phi) is 9.81. The Hall–Kier alpha value is -1.37. The van der Waals surface area contributed by atoms with Crippen molar-refractivity contribution in [3.8, 4) is 0 Å². The molecular formula is C9H15FN5O14P3S. The van der Waals surface area contributed by atoms with Crippen LogP contribution in [0.1, 0.15) is 13.3 Å². The fraction of sp³-hybridized carbons (Fsp3) is 0.556. The Bertz CT molecular complexity index is 1180. The SMILES string of the molecule is C[C@@H](O)[C@](COP(=O)(O)OP(=O)(O)OP(=O)(O)O)(N=[N+]=[N-])O[C@H](O)n1cc(F)c(=O)[nH]c1=S. The number of H-pyrrole nitrogens is 1. The largest absolute Gasteiger partial charge is 0.490 e. The molecule has 0 amide bonds. The molecule has 7 N–H and O–H groups in total. The molecule has 0 saturated carbocycles. The van der Waals surface area contributed by atoms with Gasteiger partial charge in [-0.1, -0.05) is 5.11 Å². The Morgan fingerprint density at radius 1 is 1.27 bits per heavy atom. The number of aliphatic hydroxyl groups is 2. The first-order chi connectivity index (χ1) is 14.8. The van der Waals surface area contributed by atoms with Crippen LogP contribution in [0.25, 0.3) is 10.4 Å². The van der Waals surface area contributed by atoms with Crippen LogP contribution in [0.5, 0.6) is 0 Å². The summed E-state index contributed by atoms with van der Waals surface area (Å²) in [6.45, 7) is -0.677. The van der Waals surface area contributed by atoms with Crippen molar-refractivity contribution >= 4 is 35.7 Å². The second-order valence-electron chi connectivity index (χ2n) is 5.66. The lowest BCUT2D eigenvalue weighted by atomic mass is 10.1. The molecule has 0 aliphatic carbocycles. The maximum atomic E-state index is 13.5. The number of aliphatic hydroxyl groups excluding tert-OH is 2. The summed E-state index contributed by atoms with van der Waals surface area (Å²) in [4.78, 5) is 50.9. The Morgan fingerprint density at radius 3 is 2.33 bits per heavy atom. The van der Waals surface area contributed by atoms with E-state index in [2.05, 4.69) is 35.4 Å². The maximum Gasteiger partial charge on any atom is 0.490 e. The highest BCUT2D eigenvalue weighted by Crippen LogP contribution is 2.66. The molecule has 1 aromatic heterocycles. The predicted octanol–water partition coefficient (Wildman–Crippen LogP) is 0.241. The molecule has 0 aliphatic heterocycles. The number of rotatable bonds is 12. The molecule has 0 spiro atoms. The number of phosphoric acid groups is 3. The molecule has 0 radical (unpaired) electrons. The molecule has 0 aliphatic rings. The third-order valence-electron chi connectivity index (χ3n) is 3.19. The average Bonchev–Trinajstić information content (AvgIpc) is 2.59. The molecule has 1 heterocycles. The highest BCUT2D eigenvalue weighted by molar-refractivity contribution is 7.71. The van der Waals surface area contributed by atoms with Crippen molar-refractivity contribution in [2.24, 2.45) is 5.11 Å². The normalized spacial score (nSPS) is 19.4.